The second-order valence-corrected chi connectivity index (χ2v) is 23.7. The van der Waals surface area contributed by atoms with E-state index in [1.165, 1.54) is 0 Å². The lowest BCUT2D eigenvalue weighted by Crippen LogP contribution is -2.72. The van der Waals surface area contributed by atoms with Gasteiger partial charge in [-0.25, -0.2) is 25.3 Å². The van der Waals surface area contributed by atoms with Gasteiger partial charge in [0.1, 0.15) is 146 Å². The molecule has 6 saturated heterocycles. The molecule has 97 heavy (non-hydrogen) atoms. The van der Waals surface area contributed by atoms with Crippen molar-refractivity contribution in [3.63, 3.8) is 0 Å². The van der Waals surface area contributed by atoms with Crippen molar-refractivity contribution in [2.45, 2.75) is 205 Å². The summed E-state index contributed by atoms with van der Waals surface area (Å²) in [6.07, 6.45) is -68.6. The molecular formula is C42H83N9O43S3. The van der Waals surface area contributed by atoms with E-state index in [-0.39, 0.29) is 36.9 Å². The molecule has 0 aromatic heterocycles. The number of ether oxygens (including phenoxy) is 11. The number of aliphatic hydroxyl groups is 11. The van der Waals surface area contributed by atoms with E-state index in [0.717, 1.165) is 20.8 Å². The summed E-state index contributed by atoms with van der Waals surface area (Å²) < 4.78 is 175. The van der Waals surface area contributed by atoms with E-state index in [4.69, 9.17) is 52.1 Å². The van der Waals surface area contributed by atoms with Gasteiger partial charge in [-0.1, -0.05) is 0 Å². The summed E-state index contributed by atoms with van der Waals surface area (Å²) >= 11 is 0. The first kappa shape index (κ1) is 92.3. The summed E-state index contributed by atoms with van der Waals surface area (Å²) in [7, 11) is -17.0. The maximum Gasteiger partial charge on any atom is 0.217 e. The van der Waals surface area contributed by atoms with Gasteiger partial charge in [0.15, 0.2) is 37.7 Å². The molecule has 0 spiro atoms. The number of rotatable bonds is 25. The number of amides is 3. The van der Waals surface area contributed by atoms with Crippen LogP contribution in [0, 0.1) is 0 Å². The lowest BCUT2D eigenvalue weighted by atomic mass is 9.93. The van der Waals surface area contributed by atoms with Crippen molar-refractivity contribution in [2.24, 2.45) is 0 Å². The molecule has 6 aliphatic heterocycles. The largest absolute Gasteiger partial charge is 0.726 e. The number of carbonyl (C=O) groups is 6. The zero-order chi connectivity index (χ0) is 68.4. The summed E-state index contributed by atoms with van der Waals surface area (Å²) in [5.41, 5.74) is 0. The fourth-order valence-electron chi connectivity index (χ4n) is 10.0. The van der Waals surface area contributed by atoms with Crippen LogP contribution in [0.1, 0.15) is 20.8 Å². The molecule has 0 radical (unpaired) electrons. The number of hydrogen-bond acceptors (Lipinski definition) is 43. The second-order valence-electron chi connectivity index (χ2n) is 20.5. The van der Waals surface area contributed by atoms with Gasteiger partial charge >= 0.3 is 0 Å². The summed E-state index contributed by atoms with van der Waals surface area (Å²) in [6, 6.07) is -6.54. The van der Waals surface area contributed by atoms with Crippen LogP contribution in [0.25, 0.3) is 0 Å². The highest BCUT2D eigenvalue weighted by atomic mass is 32.3. The first-order chi connectivity index (χ1) is 42.0. The predicted molar refractivity (Wildman–Crippen MR) is 289 cm³/mol. The van der Waals surface area contributed by atoms with E-state index in [2.05, 4.69) is 28.5 Å². The quantitative estimate of drug-likeness (QED) is 0.0298. The van der Waals surface area contributed by atoms with E-state index < -0.39 is 271 Å². The van der Waals surface area contributed by atoms with E-state index >= 15 is 0 Å². The Morgan fingerprint density at radius 2 is 0.598 bits per heavy atom. The van der Waals surface area contributed by atoms with Gasteiger partial charge in [0.2, 0.25) is 48.9 Å². The Morgan fingerprint density at radius 1 is 0.340 bits per heavy atom. The van der Waals surface area contributed by atoms with Crippen LogP contribution in [-0.4, -0.2) is 335 Å². The minimum Gasteiger partial charge on any atom is -0.726 e. The van der Waals surface area contributed by atoms with E-state index in [1.54, 1.807) is 0 Å². The molecule has 52 nitrogen and oxygen atoms in total. The van der Waals surface area contributed by atoms with Crippen molar-refractivity contribution in [1.29, 1.82) is 0 Å². The Balaban J connectivity index is 0.0000154. The third kappa shape index (κ3) is 23.2. The molecule has 572 valence electrons. The molecule has 6 fully saturated rings. The Hall–Kier alpha value is -4.69. The fraction of sp³-hybridized carbons (Fsp3) is 0.857. The standard InChI is InChI=1S/C42H65N3O43S3.6H3N/c1-7(46)43-13-26(16(49)10(78-37(13)65)4-75-89(66,67)68)81-41-24(57)21(54)29(32(87-41)35(61)62)84-39-15(45-9(3)48)28(18(51)12(80-39)6-77-91(72,73)74)83-42-25(58)22(55)30(33(88-42)36(63)64)85-38-14(44-8(2)47)27(17(50)11(79-38)5-76-90(69,70)71)82-40-23(56)19(52)20(53)31(86-40)34(59)60;;;;;;/h10-33,37-42,49-58,65H,4-6H2,1-3H3,(H,43,46)(H,44,47)(H,45,48)(H,59,60)(H,61,62)(H,63,64)(H,66,67,68)(H,69,70,71)(H,72,73,74);6*1H3/t10?,11?,12?,13?,14?,15?,16-,17-,18-,19-,20-,21+,22+,23?,24?,25?,26+,27+,28+,29-,30-,31?,32?,33?,37+,38-,39-,40+,41+,42+;;;;;;/m0....../s1. The molecule has 0 aromatic carbocycles. The van der Waals surface area contributed by atoms with Crippen LogP contribution >= 0.6 is 0 Å². The molecule has 38 N–H and O–H groups in total. The summed E-state index contributed by atoms with van der Waals surface area (Å²) in [5.74, 6) is -10.5. The van der Waals surface area contributed by atoms with Gasteiger partial charge in [-0.05, 0) is 0 Å². The third-order valence-corrected chi connectivity index (χ3v) is 15.4. The normalized spacial score (nSPS) is 39.9. The monoisotopic (exact) mass is 1500 g/mol. The molecule has 30 atom stereocenters. The average Bonchev–Trinajstić information content (AvgIpc) is 0.774. The van der Waals surface area contributed by atoms with E-state index in [0.29, 0.717) is 0 Å². The van der Waals surface area contributed by atoms with Crippen molar-refractivity contribution in [2.75, 3.05) is 19.8 Å². The Kier molecular flexibility index (Phi) is 35.5. The molecule has 0 bridgehead atoms. The van der Waals surface area contributed by atoms with Crippen LogP contribution in [-0.2, 0) is 125 Å². The van der Waals surface area contributed by atoms with Gasteiger partial charge in [-0.3, -0.25) is 26.9 Å². The van der Waals surface area contributed by atoms with Gasteiger partial charge in [0.05, 0.1) is 37.7 Å². The van der Waals surface area contributed by atoms with Crippen molar-refractivity contribution in [1.82, 2.24) is 52.9 Å². The van der Waals surface area contributed by atoms with Gasteiger partial charge in [-0.2, -0.15) is 0 Å². The number of aliphatic hydroxyl groups excluding tert-OH is 11. The van der Waals surface area contributed by atoms with Crippen molar-refractivity contribution < 1.29 is 204 Å². The third-order valence-electron chi connectivity index (χ3n) is 14.1. The SMILES string of the molecule is CC(=O)NC1[C@H](O[C@@H]2C(C(=O)[O-])O[C@@H](O[C@@H]3C(NC(C)=O)[C@H](O[C@@H]4C(C(=O)[O-])O[C@@H](O[C@@H]5C(NC(C)=O)[C@H](O)OC(COS(=O)(=O)[O-])[C@@H]5O)C(O)[C@H]4O)OC(COS(=O)(=O)[O-])[C@@H]3O)C(O)[C@H]2O)OC(COS(=O)(=O)[O-])[C@H](O)[C@@H]1O[C@@H]1OC(C(=O)[O-])[C@@H](O)[C@H](O)C1O.[NH4+].[NH4+].[NH4+].[NH4+].[NH4+].[NH4+]. The van der Waals surface area contributed by atoms with Gasteiger partial charge < -0.3 is 204 Å². The molecule has 55 heteroatoms. The van der Waals surface area contributed by atoms with Crippen LogP contribution in [0.4, 0.5) is 0 Å². The number of carboxylic acids is 3. The highest BCUT2D eigenvalue weighted by molar-refractivity contribution is 7.81. The highest BCUT2D eigenvalue weighted by Crippen LogP contribution is 2.38. The number of quaternary nitrogens is 6. The maximum absolute atomic E-state index is 13.0. The number of hydrogen-bond donors (Lipinski definition) is 20. The Morgan fingerprint density at radius 3 is 0.887 bits per heavy atom. The minimum atomic E-state index is -5.80. The van der Waals surface area contributed by atoms with E-state index in [1.807, 2.05) is 0 Å². The van der Waals surface area contributed by atoms with Crippen molar-refractivity contribution >= 4 is 66.8 Å². The Bertz CT molecular complexity index is 2940. The van der Waals surface area contributed by atoms with Gasteiger partial charge in [0.25, 0.3) is 0 Å². The van der Waals surface area contributed by atoms with Crippen LogP contribution < -0.4 is 68.2 Å². The number of carboxylic acid groups (broad SMARTS) is 3. The molecular weight excluding hydrogens is 1410 g/mol. The van der Waals surface area contributed by atoms with Gasteiger partial charge in [-0.15, -0.1) is 0 Å². The van der Waals surface area contributed by atoms with Crippen molar-refractivity contribution in [3.8, 4) is 0 Å². The highest BCUT2D eigenvalue weighted by Gasteiger charge is 2.59. The number of aliphatic carboxylic acids is 3. The maximum atomic E-state index is 13.0. The molecule has 0 saturated carbocycles. The molecule has 6 heterocycles. The first-order valence-electron chi connectivity index (χ1n) is 25.9. The predicted octanol–water partition coefficient (Wildman–Crippen LogP) is -16.7. The first-order valence-corrected chi connectivity index (χ1v) is 29.9. The lowest BCUT2D eigenvalue weighted by Gasteiger charge is -2.51. The van der Waals surface area contributed by atoms with E-state index in [9.17, 15) is 139 Å². The number of nitrogens with one attached hydrogen (secondary N) is 3. The van der Waals surface area contributed by atoms with Crippen LogP contribution in [0.15, 0.2) is 0 Å². The summed E-state index contributed by atoms with van der Waals surface area (Å²) in [6.45, 7) is -2.17. The Labute approximate surface area is 546 Å². The second kappa shape index (κ2) is 37.3. The topological polar surface area (TPSA) is 950 Å². The lowest BCUT2D eigenvalue weighted by molar-refractivity contribution is -0.392. The molecule has 6 rings (SSSR count). The van der Waals surface area contributed by atoms with Gasteiger partial charge in [0, 0.05) is 20.8 Å². The zero-order valence-corrected chi connectivity index (χ0v) is 54.6. The molecule has 0 aliphatic carbocycles. The van der Waals surface area contributed by atoms with Crippen LogP contribution in [0.3, 0.4) is 0 Å². The summed E-state index contributed by atoms with van der Waals surface area (Å²) in [5, 5.41) is 166. The summed E-state index contributed by atoms with van der Waals surface area (Å²) in [4.78, 5) is 75.2. The molecule has 6 aliphatic rings. The minimum absolute atomic E-state index is 0. The molecule has 3 amide bonds. The molecule has 0 aromatic rings. The van der Waals surface area contributed by atoms with Crippen molar-refractivity contribution in [3.05, 3.63) is 0 Å². The zero-order valence-electron chi connectivity index (χ0n) is 52.1. The number of carbonyl (C=O) groups excluding carboxylic acids is 6. The average molecular weight is 1500 g/mol. The molecule has 12 unspecified atom stereocenters. The smallest absolute Gasteiger partial charge is 0.217 e. The van der Waals surface area contributed by atoms with Crippen LogP contribution in [0.2, 0.25) is 0 Å². The van der Waals surface area contributed by atoms with Crippen LogP contribution in [0.5, 0.6) is 0 Å². The fourth-order valence-corrected chi connectivity index (χ4v) is 10.9.